The van der Waals surface area contributed by atoms with Crippen LogP contribution in [-0.2, 0) is 16.1 Å². The maximum absolute atomic E-state index is 12.3. The second kappa shape index (κ2) is 7.12. The monoisotopic (exact) mass is 339 g/mol. The van der Waals surface area contributed by atoms with E-state index in [1.807, 2.05) is 30.3 Å². The van der Waals surface area contributed by atoms with Gasteiger partial charge in [0.1, 0.15) is 0 Å². The van der Waals surface area contributed by atoms with E-state index in [9.17, 15) is 19.7 Å². The molecule has 0 bridgehead atoms. The third-order valence-corrected chi connectivity index (χ3v) is 4.16. The zero-order chi connectivity index (χ0) is 17.8. The number of nitrogens with one attached hydrogen (secondary N) is 1. The minimum absolute atomic E-state index is 0.0812. The lowest BCUT2D eigenvalue weighted by Crippen LogP contribution is -2.32. The van der Waals surface area contributed by atoms with Crippen molar-refractivity contribution in [2.75, 3.05) is 11.4 Å². The SMILES string of the molecule is O=C(NCc1ccccc1)[C@H]1CC(=O)N(c2cccc([N+](=O)[O-])c2)C1. The van der Waals surface area contributed by atoms with Crippen LogP contribution in [0.15, 0.2) is 54.6 Å². The van der Waals surface area contributed by atoms with Gasteiger partial charge < -0.3 is 10.2 Å². The zero-order valence-electron chi connectivity index (χ0n) is 13.4. The lowest BCUT2D eigenvalue weighted by Gasteiger charge is -2.16. The number of carbonyl (C=O) groups excluding carboxylic acids is 2. The molecule has 1 N–H and O–H groups in total. The molecule has 1 aliphatic rings. The molecule has 128 valence electrons. The van der Waals surface area contributed by atoms with E-state index < -0.39 is 10.8 Å². The van der Waals surface area contributed by atoms with Crippen LogP contribution in [0, 0.1) is 16.0 Å². The standard InChI is InChI=1S/C18H17N3O4/c22-17-9-14(18(23)19-11-13-5-2-1-3-6-13)12-20(17)15-7-4-8-16(10-15)21(24)25/h1-8,10,14H,9,11-12H2,(H,19,23)/t14-/m0/s1. The smallest absolute Gasteiger partial charge is 0.271 e. The summed E-state index contributed by atoms with van der Waals surface area (Å²) in [4.78, 5) is 36.3. The fourth-order valence-corrected chi connectivity index (χ4v) is 2.84. The fraction of sp³-hybridized carbons (Fsp3) is 0.222. The summed E-state index contributed by atoms with van der Waals surface area (Å²) >= 11 is 0. The Morgan fingerprint density at radius 3 is 2.68 bits per heavy atom. The van der Waals surface area contributed by atoms with Gasteiger partial charge in [-0.25, -0.2) is 0 Å². The van der Waals surface area contributed by atoms with Gasteiger partial charge in [0.05, 0.1) is 16.5 Å². The Bertz CT molecular complexity index is 807. The molecule has 0 aliphatic carbocycles. The van der Waals surface area contributed by atoms with Crippen LogP contribution in [0.25, 0.3) is 0 Å². The summed E-state index contributed by atoms with van der Waals surface area (Å²) in [6.45, 7) is 0.627. The van der Waals surface area contributed by atoms with Gasteiger partial charge in [-0.3, -0.25) is 19.7 Å². The van der Waals surface area contributed by atoms with E-state index in [0.717, 1.165) is 5.56 Å². The number of benzene rings is 2. The molecule has 2 amide bonds. The van der Waals surface area contributed by atoms with Crippen molar-refractivity contribution in [1.82, 2.24) is 5.32 Å². The number of amides is 2. The topological polar surface area (TPSA) is 92.6 Å². The summed E-state index contributed by atoms with van der Waals surface area (Å²) in [5.41, 5.74) is 1.34. The highest BCUT2D eigenvalue weighted by atomic mass is 16.6. The van der Waals surface area contributed by atoms with E-state index in [4.69, 9.17) is 0 Å². The first kappa shape index (κ1) is 16.6. The first-order chi connectivity index (χ1) is 12.0. The molecule has 2 aromatic carbocycles. The van der Waals surface area contributed by atoms with Crippen LogP contribution in [0.3, 0.4) is 0 Å². The number of hydrogen-bond donors (Lipinski definition) is 1. The van der Waals surface area contributed by atoms with Gasteiger partial charge in [-0.05, 0) is 11.6 Å². The van der Waals surface area contributed by atoms with E-state index in [1.54, 1.807) is 6.07 Å². The van der Waals surface area contributed by atoms with E-state index in [-0.39, 0.29) is 30.5 Å². The van der Waals surface area contributed by atoms with Crippen LogP contribution in [0.5, 0.6) is 0 Å². The van der Waals surface area contributed by atoms with Crippen molar-refractivity contribution in [1.29, 1.82) is 0 Å². The first-order valence-electron chi connectivity index (χ1n) is 7.91. The Morgan fingerprint density at radius 1 is 1.20 bits per heavy atom. The molecule has 3 rings (SSSR count). The van der Waals surface area contributed by atoms with Crippen LogP contribution >= 0.6 is 0 Å². The molecule has 7 nitrogen and oxygen atoms in total. The van der Waals surface area contributed by atoms with E-state index in [0.29, 0.717) is 12.2 Å². The maximum atomic E-state index is 12.3. The molecule has 0 unspecified atom stereocenters. The lowest BCUT2D eigenvalue weighted by atomic mass is 10.1. The molecule has 1 heterocycles. The van der Waals surface area contributed by atoms with Gasteiger partial charge in [0.25, 0.3) is 5.69 Å². The highest BCUT2D eigenvalue weighted by molar-refractivity contribution is 6.00. The van der Waals surface area contributed by atoms with Crippen LogP contribution in [-0.4, -0.2) is 23.3 Å². The minimum atomic E-state index is -0.506. The first-order valence-corrected chi connectivity index (χ1v) is 7.91. The number of nitrogens with zero attached hydrogens (tertiary/aromatic N) is 2. The molecule has 0 spiro atoms. The Balaban J connectivity index is 1.65. The average Bonchev–Trinajstić information content (AvgIpc) is 3.02. The second-order valence-electron chi connectivity index (χ2n) is 5.89. The fourth-order valence-electron chi connectivity index (χ4n) is 2.84. The zero-order valence-corrected chi connectivity index (χ0v) is 13.4. The largest absolute Gasteiger partial charge is 0.352 e. The van der Waals surface area contributed by atoms with Gasteiger partial charge in [0.15, 0.2) is 0 Å². The Hall–Kier alpha value is -3.22. The number of rotatable bonds is 5. The summed E-state index contributed by atoms with van der Waals surface area (Å²) < 4.78 is 0. The number of nitro groups is 1. The van der Waals surface area contributed by atoms with Crippen LogP contribution < -0.4 is 10.2 Å². The second-order valence-corrected chi connectivity index (χ2v) is 5.89. The predicted octanol–water partition coefficient (Wildman–Crippen LogP) is 2.26. The average molecular weight is 339 g/mol. The number of non-ortho nitro benzene ring substituents is 1. The molecule has 1 atom stereocenters. The number of carbonyl (C=O) groups is 2. The van der Waals surface area contributed by atoms with Crippen LogP contribution in [0.1, 0.15) is 12.0 Å². The quantitative estimate of drug-likeness (QED) is 0.668. The number of anilines is 1. The molecule has 1 aliphatic heterocycles. The van der Waals surface area contributed by atoms with Gasteiger partial charge in [0, 0.05) is 31.6 Å². The summed E-state index contributed by atoms with van der Waals surface area (Å²) in [6, 6.07) is 15.4. The molecule has 1 fully saturated rings. The minimum Gasteiger partial charge on any atom is -0.352 e. The highest BCUT2D eigenvalue weighted by Crippen LogP contribution is 2.28. The maximum Gasteiger partial charge on any atom is 0.271 e. The van der Waals surface area contributed by atoms with Crippen molar-refractivity contribution in [3.8, 4) is 0 Å². The molecular formula is C18H17N3O4. The Kier molecular flexibility index (Phi) is 4.74. The predicted molar refractivity (Wildman–Crippen MR) is 91.8 cm³/mol. The molecular weight excluding hydrogens is 322 g/mol. The van der Waals surface area contributed by atoms with Gasteiger partial charge in [-0.2, -0.15) is 0 Å². The molecule has 2 aromatic rings. The molecule has 0 aromatic heterocycles. The Labute approximate surface area is 144 Å². The van der Waals surface area contributed by atoms with Gasteiger partial charge in [-0.15, -0.1) is 0 Å². The molecule has 0 saturated carbocycles. The van der Waals surface area contributed by atoms with Crippen molar-refractivity contribution >= 4 is 23.2 Å². The highest BCUT2D eigenvalue weighted by Gasteiger charge is 2.35. The third kappa shape index (κ3) is 3.82. The van der Waals surface area contributed by atoms with Crippen molar-refractivity contribution < 1.29 is 14.5 Å². The van der Waals surface area contributed by atoms with E-state index in [1.165, 1.54) is 23.1 Å². The number of nitro benzene ring substituents is 1. The van der Waals surface area contributed by atoms with E-state index in [2.05, 4.69) is 5.32 Å². The van der Waals surface area contributed by atoms with Crippen molar-refractivity contribution in [3.63, 3.8) is 0 Å². The van der Waals surface area contributed by atoms with Crippen molar-refractivity contribution in [2.45, 2.75) is 13.0 Å². The number of hydrogen-bond acceptors (Lipinski definition) is 4. The summed E-state index contributed by atoms with van der Waals surface area (Å²) in [6.07, 6.45) is 0.101. The van der Waals surface area contributed by atoms with Crippen LogP contribution in [0.2, 0.25) is 0 Å². The van der Waals surface area contributed by atoms with Crippen molar-refractivity contribution in [2.24, 2.45) is 5.92 Å². The summed E-state index contributed by atoms with van der Waals surface area (Å²) in [5, 5.41) is 13.7. The van der Waals surface area contributed by atoms with Crippen LogP contribution in [0.4, 0.5) is 11.4 Å². The third-order valence-electron chi connectivity index (χ3n) is 4.16. The lowest BCUT2D eigenvalue weighted by molar-refractivity contribution is -0.384. The van der Waals surface area contributed by atoms with Gasteiger partial charge in [0.2, 0.25) is 11.8 Å². The summed E-state index contributed by atoms with van der Waals surface area (Å²) in [7, 11) is 0. The van der Waals surface area contributed by atoms with Gasteiger partial charge >= 0.3 is 0 Å². The molecule has 7 heteroatoms. The van der Waals surface area contributed by atoms with E-state index >= 15 is 0 Å². The molecule has 0 radical (unpaired) electrons. The molecule has 25 heavy (non-hydrogen) atoms. The normalized spacial score (nSPS) is 16.7. The van der Waals surface area contributed by atoms with Crippen molar-refractivity contribution in [3.05, 3.63) is 70.3 Å². The Morgan fingerprint density at radius 2 is 1.96 bits per heavy atom. The van der Waals surface area contributed by atoms with Gasteiger partial charge in [-0.1, -0.05) is 36.4 Å². The molecule has 1 saturated heterocycles. The summed E-state index contributed by atoms with van der Waals surface area (Å²) in [5.74, 6) is -0.860.